The monoisotopic (exact) mass is 374 g/mol. The molecule has 0 aliphatic heterocycles. The highest BCUT2D eigenvalue weighted by atomic mass is 32.2. The lowest BCUT2D eigenvalue weighted by Gasteiger charge is -2.26. The van der Waals surface area contributed by atoms with Crippen LogP contribution in [0.15, 0.2) is 59.5 Å². The first kappa shape index (κ1) is 18.3. The Kier molecular flexibility index (Phi) is 5.46. The minimum absolute atomic E-state index is 0.130. The number of hydrogen-bond donors (Lipinski definition) is 1. The van der Waals surface area contributed by atoms with Crippen LogP contribution in [0.25, 0.3) is 0 Å². The van der Waals surface area contributed by atoms with Crippen molar-refractivity contribution in [3.8, 4) is 5.75 Å². The van der Waals surface area contributed by atoms with Gasteiger partial charge in [-0.05, 0) is 44.0 Å². The van der Waals surface area contributed by atoms with E-state index in [1.54, 1.807) is 42.5 Å². The number of nitrogens with one attached hydrogen (secondary N) is 1. The average Bonchev–Trinajstić information content (AvgIpc) is 3.45. The lowest BCUT2D eigenvalue weighted by molar-refractivity contribution is -0.119. The third-order valence-electron chi connectivity index (χ3n) is 3.99. The first-order chi connectivity index (χ1) is 12.5. The van der Waals surface area contributed by atoms with E-state index in [-0.39, 0.29) is 23.4 Å². The Morgan fingerprint density at radius 2 is 1.77 bits per heavy atom. The van der Waals surface area contributed by atoms with E-state index < -0.39 is 10.0 Å². The fourth-order valence-corrected chi connectivity index (χ4v) is 4.04. The van der Waals surface area contributed by atoms with Crippen LogP contribution in [0.2, 0.25) is 0 Å². The molecule has 0 radical (unpaired) electrons. The zero-order chi connectivity index (χ0) is 18.6. The molecule has 1 saturated carbocycles. The number of rotatable bonds is 8. The molecule has 0 atom stereocenters. The van der Waals surface area contributed by atoms with Gasteiger partial charge >= 0.3 is 0 Å². The number of carbonyl (C=O) groups excluding carboxylic acids is 1. The van der Waals surface area contributed by atoms with Crippen molar-refractivity contribution in [2.75, 3.05) is 17.5 Å². The first-order valence-electron chi connectivity index (χ1n) is 8.61. The maximum Gasteiger partial charge on any atom is 0.264 e. The van der Waals surface area contributed by atoms with Gasteiger partial charge in [-0.25, -0.2) is 8.42 Å². The third-order valence-corrected chi connectivity index (χ3v) is 5.77. The topological polar surface area (TPSA) is 75.7 Å². The zero-order valence-corrected chi connectivity index (χ0v) is 15.4. The molecule has 1 aliphatic rings. The summed E-state index contributed by atoms with van der Waals surface area (Å²) in [5.74, 6) is 0.104. The van der Waals surface area contributed by atoms with Gasteiger partial charge in [-0.3, -0.25) is 9.10 Å². The molecular weight excluding hydrogens is 352 g/mol. The third kappa shape index (κ3) is 4.16. The van der Waals surface area contributed by atoms with E-state index in [0.717, 1.165) is 17.1 Å². The summed E-state index contributed by atoms with van der Waals surface area (Å²) in [5, 5.41) is 2.84. The first-order valence-corrected chi connectivity index (χ1v) is 10.1. The molecule has 138 valence electrons. The number of amides is 1. The summed E-state index contributed by atoms with van der Waals surface area (Å²) < 4.78 is 33.1. The maximum atomic E-state index is 13.2. The SMILES string of the molecule is CCOc1ccccc1N(CC(=O)NC1CC1)S(=O)(=O)c1ccccc1. The standard InChI is InChI=1S/C19H22N2O4S/c1-2-25-18-11-7-6-10-17(18)21(14-19(22)20-15-12-13-15)26(23,24)16-8-4-3-5-9-16/h3-11,15H,2,12-14H2,1H3,(H,20,22). The maximum absolute atomic E-state index is 13.2. The zero-order valence-electron chi connectivity index (χ0n) is 14.6. The van der Waals surface area contributed by atoms with Gasteiger partial charge in [0.2, 0.25) is 5.91 Å². The molecule has 0 unspecified atom stereocenters. The molecule has 1 N–H and O–H groups in total. The number of anilines is 1. The molecule has 6 nitrogen and oxygen atoms in total. The van der Waals surface area contributed by atoms with E-state index in [9.17, 15) is 13.2 Å². The van der Waals surface area contributed by atoms with Crippen LogP contribution in [-0.4, -0.2) is 33.5 Å². The van der Waals surface area contributed by atoms with Gasteiger partial charge in [0, 0.05) is 6.04 Å². The highest BCUT2D eigenvalue weighted by Gasteiger charge is 2.31. The van der Waals surface area contributed by atoms with E-state index >= 15 is 0 Å². The van der Waals surface area contributed by atoms with Gasteiger partial charge in [0.05, 0.1) is 17.2 Å². The summed E-state index contributed by atoms with van der Waals surface area (Å²) in [6.07, 6.45) is 1.87. The second-order valence-corrected chi connectivity index (χ2v) is 7.93. The molecule has 2 aromatic carbocycles. The lowest BCUT2D eigenvalue weighted by Crippen LogP contribution is -2.41. The van der Waals surface area contributed by atoms with Crippen molar-refractivity contribution in [2.24, 2.45) is 0 Å². The van der Waals surface area contributed by atoms with Crippen molar-refractivity contribution in [3.05, 3.63) is 54.6 Å². The van der Waals surface area contributed by atoms with Gasteiger partial charge in [-0.15, -0.1) is 0 Å². The predicted octanol–water partition coefficient (Wildman–Crippen LogP) is 2.56. The second-order valence-electron chi connectivity index (χ2n) is 6.07. The van der Waals surface area contributed by atoms with E-state index in [0.29, 0.717) is 18.0 Å². The van der Waals surface area contributed by atoms with Crippen molar-refractivity contribution in [1.29, 1.82) is 0 Å². The molecule has 0 aromatic heterocycles. The summed E-state index contributed by atoms with van der Waals surface area (Å²) in [4.78, 5) is 12.5. The Morgan fingerprint density at radius 1 is 1.12 bits per heavy atom. The number of ether oxygens (including phenoxy) is 1. The van der Waals surface area contributed by atoms with Crippen LogP contribution >= 0.6 is 0 Å². The van der Waals surface area contributed by atoms with Crippen LogP contribution in [0.5, 0.6) is 5.75 Å². The van der Waals surface area contributed by atoms with Gasteiger partial charge in [0.15, 0.2) is 0 Å². The lowest BCUT2D eigenvalue weighted by atomic mass is 10.3. The van der Waals surface area contributed by atoms with Gasteiger partial charge < -0.3 is 10.1 Å². The van der Waals surface area contributed by atoms with Crippen LogP contribution in [-0.2, 0) is 14.8 Å². The van der Waals surface area contributed by atoms with Crippen molar-refractivity contribution < 1.29 is 17.9 Å². The minimum atomic E-state index is -3.91. The number of para-hydroxylation sites is 2. The molecule has 1 amide bonds. The molecule has 0 spiro atoms. The van der Waals surface area contributed by atoms with Crippen molar-refractivity contribution in [1.82, 2.24) is 5.32 Å². The number of benzene rings is 2. The number of hydrogen-bond acceptors (Lipinski definition) is 4. The van der Waals surface area contributed by atoms with Crippen LogP contribution in [0.3, 0.4) is 0 Å². The number of nitrogens with zero attached hydrogens (tertiary/aromatic N) is 1. The Bertz CT molecular complexity index is 864. The highest BCUT2D eigenvalue weighted by Crippen LogP contribution is 2.32. The Morgan fingerprint density at radius 3 is 2.42 bits per heavy atom. The van der Waals surface area contributed by atoms with Crippen molar-refractivity contribution in [3.63, 3.8) is 0 Å². The quantitative estimate of drug-likeness (QED) is 0.770. The molecule has 7 heteroatoms. The fraction of sp³-hybridized carbons (Fsp3) is 0.316. The van der Waals surface area contributed by atoms with Gasteiger partial charge in [0.25, 0.3) is 10.0 Å². The Hall–Kier alpha value is -2.54. The van der Waals surface area contributed by atoms with Gasteiger partial charge in [-0.1, -0.05) is 30.3 Å². The summed E-state index contributed by atoms with van der Waals surface area (Å²) in [6.45, 7) is 1.93. The Labute approximate surface area is 153 Å². The molecule has 3 rings (SSSR count). The van der Waals surface area contributed by atoms with E-state index in [1.807, 2.05) is 6.92 Å². The Balaban J connectivity index is 2.00. The largest absolute Gasteiger partial charge is 0.492 e. The molecule has 0 bridgehead atoms. The molecule has 1 aliphatic carbocycles. The smallest absolute Gasteiger partial charge is 0.264 e. The summed E-state index contributed by atoms with van der Waals surface area (Å²) in [5.41, 5.74) is 0.351. The molecule has 2 aromatic rings. The normalized spacial score (nSPS) is 13.9. The van der Waals surface area contributed by atoms with E-state index in [4.69, 9.17) is 4.74 Å². The highest BCUT2D eigenvalue weighted by molar-refractivity contribution is 7.92. The van der Waals surface area contributed by atoms with E-state index in [2.05, 4.69) is 5.32 Å². The number of carbonyl (C=O) groups is 1. The van der Waals surface area contributed by atoms with E-state index in [1.165, 1.54) is 12.1 Å². The minimum Gasteiger partial charge on any atom is -0.492 e. The summed E-state index contributed by atoms with van der Waals surface area (Å²) in [6, 6.07) is 15.1. The van der Waals surface area contributed by atoms with Crippen molar-refractivity contribution >= 4 is 21.6 Å². The second kappa shape index (κ2) is 7.78. The summed E-state index contributed by atoms with van der Waals surface area (Å²) >= 11 is 0. The fourth-order valence-electron chi connectivity index (χ4n) is 2.59. The molecule has 0 saturated heterocycles. The van der Waals surface area contributed by atoms with Crippen LogP contribution in [0, 0.1) is 0 Å². The van der Waals surface area contributed by atoms with Gasteiger partial charge in [-0.2, -0.15) is 0 Å². The van der Waals surface area contributed by atoms with Crippen molar-refractivity contribution in [2.45, 2.75) is 30.7 Å². The summed E-state index contributed by atoms with van der Waals surface area (Å²) in [7, 11) is -3.91. The average molecular weight is 374 g/mol. The van der Waals surface area contributed by atoms with Gasteiger partial charge in [0.1, 0.15) is 12.3 Å². The van der Waals surface area contributed by atoms with Crippen LogP contribution in [0.4, 0.5) is 5.69 Å². The number of sulfonamides is 1. The predicted molar refractivity (Wildman–Crippen MR) is 99.7 cm³/mol. The molecule has 26 heavy (non-hydrogen) atoms. The molecule has 1 fully saturated rings. The van der Waals surface area contributed by atoms with Crippen LogP contribution in [0.1, 0.15) is 19.8 Å². The molecule has 0 heterocycles. The van der Waals surface area contributed by atoms with Crippen LogP contribution < -0.4 is 14.4 Å². The molecular formula is C19H22N2O4S.